The van der Waals surface area contributed by atoms with Gasteiger partial charge in [-0.05, 0) is 96.5 Å². The van der Waals surface area contributed by atoms with Crippen molar-refractivity contribution in [3.63, 3.8) is 0 Å². The van der Waals surface area contributed by atoms with Crippen LogP contribution in [0.2, 0.25) is 20.1 Å². The van der Waals surface area contributed by atoms with E-state index in [0.29, 0.717) is 67.4 Å². The molecule has 0 aliphatic heterocycles. The first-order chi connectivity index (χ1) is 24.4. The number of halogens is 6. The van der Waals surface area contributed by atoms with E-state index in [-0.39, 0.29) is 33.5 Å². The van der Waals surface area contributed by atoms with E-state index in [9.17, 15) is 13.0 Å². The number of rotatable bonds is 9. The van der Waals surface area contributed by atoms with Crippen molar-refractivity contribution in [1.29, 1.82) is 0 Å². The fraction of sp³-hybridized carbons (Fsp3) is 0.143. The molecule has 6 aromatic rings. The minimum atomic E-state index is -4.44. The molecule has 1 N–H and O–H groups in total. The molecule has 4 aromatic heterocycles. The Bertz CT molecular complexity index is 2590. The summed E-state index contributed by atoms with van der Waals surface area (Å²) < 4.78 is 68.0. The molecule has 0 atom stereocenters. The highest BCUT2D eigenvalue weighted by atomic mass is 35.5. The van der Waals surface area contributed by atoms with Crippen molar-refractivity contribution in [3.05, 3.63) is 120 Å². The lowest BCUT2D eigenvalue weighted by atomic mass is 10.1. The van der Waals surface area contributed by atoms with Crippen LogP contribution in [0.4, 0.5) is 8.78 Å². The van der Waals surface area contributed by atoms with E-state index in [1.807, 2.05) is 11.4 Å². The zero-order valence-corrected chi connectivity index (χ0v) is 31.4. The molecule has 0 unspecified atom stereocenters. The third-order valence-corrected chi connectivity index (χ3v) is 13.2. The maximum Gasteiger partial charge on any atom is 0.304 e. The van der Waals surface area contributed by atoms with Crippen molar-refractivity contribution in [3.8, 4) is 32.5 Å². The van der Waals surface area contributed by atoms with Crippen LogP contribution in [0.15, 0.2) is 70.3 Å². The van der Waals surface area contributed by atoms with Crippen LogP contribution in [-0.2, 0) is 23.0 Å². The van der Waals surface area contributed by atoms with Crippen LogP contribution in [-0.4, -0.2) is 32.5 Å². The molecular formula is C35H22Cl4F2N4O3S3. The summed E-state index contributed by atoms with van der Waals surface area (Å²) in [6, 6.07) is 13.3. The van der Waals surface area contributed by atoms with Gasteiger partial charge in [-0.2, -0.15) is 18.6 Å². The highest BCUT2D eigenvalue weighted by Gasteiger charge is 2.34. The minimum Gasteiger partial charge on any atom is -0.281 e. The van der Waals surface area contributed by atoms with Crippen LogP contribution in [0.5, 0.6) is 0 Å². The van der Waals surface area contributed by atoms with Crippen molar-refractivity contribution < 1.29 is 21.8 Å². The predicted octanol–water partition coefficient (Wildman–Crippen LogP) is 11.7. The predicted molar refractivity (Wildman–Crippen MR) is 201 cm³/mol. The molecule has 0 fully saturated rings. The van der Waals surface area contributed by atoms with Crippen LogP contribution >= 0.6 is 69.1 Å². The lowest BCUT2D eigenvalue weighted by Crippen LogP contribution is -2.00. The van der Waals surface area contributed by atoms with Gasteiger partial charge in [0.05, 0.1) is 42.6 Å². The SMILES string of the molecule is O=S(=O)(O)c1cc2c(s1)-c1c(c(C(F)=CCCCC=C(F)c3nn(-c4ccc(Cl)cc4Cl)c4c3Cc3ccsc3-4)nn1-c1ccc(Cl)cc1Cl)C2. The molecule has 0 saturated carbocycles. The molecule has 16 heteroatoms. The summed E-state index contributed by atoms with van der Waals surface area (Å²) in [7, 11) is -4.44. The molecule has 2 aliphatic carbocycles. The first-order valence-corrected chi connectivity index (χ1v) is 20.1. The second kappa shape index (κ2) is 13.3. The van der Waals surface area contributed by atoms with Crippen molar-refractivity contribution >= 4 is 90.8 Å². The fourth-order valence-electron chi connectivity index (χ4n) is 6.44. The number of hydrogen-bond donors (Lipinski definition) is 1. The van der Waals surface area contributed by atoms with Crippen LogP contribution in [0.25, 0.3) is 44.2 Å². The molecule has 51 heavy (non-hydrogen) atoms. The van der Waals surface area contributed by atoms with Gasteiger partial charge < -0.3 is 0 Å². The van der Waals surface area contributed by atoms with E-state index in [1.165, 1.54) is 29.0 Å². The fourth-order valence-corrected chi connectivity index (χ4v) is 10.3. The van der Waals surface area contributed by atoms with E-state index in [0.717, 1.165) is 33.0 Å². The van der Waals surface area contributed by atoms with E-state index in [1.54, 1.807) is 46.4 Å². The van der Waals surface area contributed by atoms with Gasteiger partial charge in [0.1, 0.15) is 27.3 Å². The van der Waals surface area contributed by atoms with E-state index >= 15 is 8.78 Å². The van der Waals surface area contributed by atoms with Crippen molar-refractivity contribution in [1.82, 2.24) is 19.6 Å². The van der Waals surface area contributed by atoms with Crippen LogP contribution in [0, 0.1) is 0 Å². The highest BCUT2D eigenvalue weighted by molar-refractivity contribution is 7.88. The molecule has 0 amide bonds. The van der Waals surface area contributed by atoms with Crippen LogP contribution in [0.3, 0.4) is 0 Å². The first kappa shape index (κ1) is 34.7. The van der Waals surface area contributed by atoms with Gasteiger partial charge in [-0.1, -0.05) is 46.4 Å². The number of allylic oxidation sites excluding steroid dienone is 2. The maximum absolute atomic E-state index is 15.9. The Morgan fingerprint density at radius 1 is 0.784 bits per heavy atom. The summed E-state index contributed by atoms with van der Waals surface area (Å²) in [5, 5.41) is 12.7. The number of nitrogens with zero attached hydrogens (tertiary/aromatic N) is 4. The smallest absolute Gasteiger partial charge is 0.281 e. The van der Waals surface area contributed by atoms with Gasteiger partial charge in [-0.25, -0.2) is 18.1 Å². The van der Waals surface area contributed by atoms with Gasteiger partial charge in [0.15, 0.2) is 0 Å². The largest absolute Gasteiger partial charge is 0.304 e. The first-order valence-electron chi connectivity index (χ1n) is 15.4. The Hall–Kier alpha value is -3.33. The lowest BCUT2D eigenvalue weighted by Gasteiger charge is -2.08. The molecule has 2 aromatic carbocycles. The standard InChI is InChI=1S/C35H22Cl4F2N4O3S3/c36-19-6-8-27(23(38)15-19)44-32-21(12-17-10-11-49-34(17)32)30(42-44)25(40)4-2-1-3-5-26(41)31-22-13-18-14-29(51(46,47)48)50-35(18)33(22)45(43-31)28-9-7-20(37)16-24(28)39/h4-11,14-16H,1-3,12-13H2,(H,46,47,48). The van der Waals surface area contributed by atoms with E-state index in [2.05, 4.69) is 10.2 Å². The number of unbranched alkanes of at least 4 members (excludes halogenated alkanes) is 2. The summed E-state index contributed by atoms with van der Waals surface area (Å²) in [4.78, 5) is 1.56. The molecule has 0 saturated heterocycles. The number of aromatic nitrogens is 4. The molecule has 7 nitrogen and oxygen atoms in total. The molecule has 4 heterocycles. The van der Waals surface area contributed by atoms with Gasteiger partial charge >= 0.3 is 10.1 Å². The summed E-state index contributed by atoms with van der Waals surface area (Å²) in [6.45, 7) is 0. The van der Waals surface area contributed by atoms with Gasteiger partial charge in [-0.3, -0.25) is 4.55 Å². The lowest BCUT2D eigenvalue weighted by molar-refractivity contribution is 0.485. The van der Waals surface area contributed by atoms with Crippen LogP contribution < -0.4 is 0 Å². The Kier molecular flexibility index (Phi) is 9.03. The van der Waals surface area contributed by atoms with Crippen molar-refractivity contribution in [2.45, 2.75) is 36.3 Å². The van der Waals surface area contributed by atoms with Crippen molar-refractivity contribution in [2.75, 3.05) is 0 Å². The quantitative estimate of drug-likeness (QED) is 0.116. The molecule has 260 valence electrons. The summed E-state index contributed by atoms with van der Waals surface area (Å²) in [5.41, 5.74) is 5.71. The molecule has 0 bridgehead atoms. The van der Waals surface area contributed by atoms with E-state index in [4.69, 9.17) is 46.4 Å². The topological polar surface area (TPSA) is 90.0 Å². The molecule has 0 radical (unpaired) electrons. The summed E-state index contributed by atoms with van der Waals surface area (Å²) in [6.07, 6.45) is 4.68. The van der Waals surface area contributed by atoms with Gasteiger partial charge in [0.2, 0.25) is 0 Å². The minimum absolute atomic E-state index is 0.0870. The molecular weight excluding hydrogens is 800 g/mol. The molecule has 8 rings (SSSR count). The number of hydrogen-bond acceptors (Lipinski definition) is 6. The third-order valence-electron chi connectivity index (χ3n) is 8.70. The highest BCUT2D eigenvalue weighted by Crippen LogP contribution is 2.48. The van der Waals surface area contributed by atoms with Crippen LogP contribution in [0.1, 0.15) is 52.9 Å². The number of thiophene rings is 2. The average Bonchev–Trinajstić information content (AvgIpc) is 3.89. The molecule has 0 spiro atoms. The Labute approximate surface area is 318 Å². The third kappa shape index (κ3) is 6.19. The normalized spacial score (nSPS) is 13.9. The molecule has 2 aliphatic rings. The summed E-state index contributed by atoms with van der Waals surface area (Å²) in [5.74, 6) is -1.05. The van der Waals surface area contributed by atoms with Crippen molar-refractivity contribution in [2.24, 2.45) is 0 Å². The Balaban J connectivity index is 1.05. The maximum atomic E-state index is 15.9. The second-order valence-electron chi connectivity index (χ2n) is 11.9. The van der Waals surface area contributed by atoms with Gasteiger partial charge in [0, 0.05) is 34.0 Å². The average molecular weight is 823 g/mol. The summed E-state index contributed by atoms with van der Waals surface area (Å²) >= 11 is 27.7. The number of benzene rings is 2. The van der Waals surface area contributed by atoms with Gasteiger partial charge in [-0.15, -0.1) is 22.7 Å². The Morgan fingerprint density at radius 2 is 1.31 bits per heavy atom. The number of fused-ring (bicyclic) bond motifs is 6. The van der Waals surface area contributed by atoms with Gasteiger partial charge in [0.25, 0.3) is 0 Å². The Morgan fingerprint density at radius 3 is 1.84 bits per heavy atom. The monoisotopic (exact) mass is 820 g/mol. The zero-order valence-electron chi connectivity index (χ0n) is 25.9. The van der Waals surface area contributed by atoms with E-state index < -0.39 is 21.8 Å². The zero-order chi connectivity index (χ0) is 35.8. The second-order valence-corrected chi connectivity index (χ2v) is 17.2.